The predicted octanol–water partition coefficient (Wildman–Crippen LogP) is 0.496. The molecule has 0 aliphatic carbocycles. The van der Waals surface area contributed by atoms with E-state index in [4.69, 9.17) is 0 Å². The highest BCUT2D eigenvalue weighted by molar-refractivity contribution is 5.72. The lowest BCUT2D eigenvalue weighted by molar-refractivity contribution is -0.119. The molecule has 88 valence electrons. The van der Waals surface area contributed by atoms with Gasteiger partial charge in [-0.15, -0.1) is 0 Å². The summed E-state index contributed by atoms with van der Waals surface area (Å²) < 4.78 is 0. The second-order valence-corrected chi connectivity index (χ2v) is 4.19. The van der Waals surface area contributed by atoms with Gasteiger partial charge in [0.2, 0.25) is 5.91 Å². The Labute approximate surface area is 92.6 Å². The number of nitrogens with zero attached hydrogens (tertiary/aromatic N) is 2. The molecule has 0 saturated carbocycles. The summed E-state index contributed by atoms with van der Waals surface area (Å²) in [5, 5.41) is 2.84. The molecule has 1 N–H and O–H groups in total. The van der Waals surface area contributed by atoms with Crippen molar-refractivity contribution in [3.05, 3.63) is 0 Å². The molecular weight excluding hydrogens is 190 g/mol. The van der Waals surface area contributed by atoms with E-state index in [1.54, 1.807) is 6.92 Å². The molecule has 4 nitrogen and oxygen atoms in total. The minimum absolute atomic E-state index is 0.0623. The van der Waals surface area contributed by atoms with Crippen LogP contribution < -0.4 is 5.32 Å². The summed E-state index contributed by atoms with van der Waals surface area (Å²) in [5.41, 5.74) is 0. The van der Waals surface area contributed by atoms with E-state index in [1.807, 2.05) is 0 Å². The van der Waals surface area contributed by atoms with Gasteiger partial charge in [0.1, 0.15) is 0 Å². The van der Waals surface area contributed by atoms with Gasteiger partial charge in [-0.1, -0.05) is 6.92 Å². The molecule has 1 atom stereocenters. The van der Waals surface area contributed by atoms with Crippen LogP contribution in [0.1, 0.15) is 27.2 Å². The third-order valence-electron chi connectivity index (χ3n) is 3.02. The standard InChI is InChI=1S/C11H23N3O/c1-4-6-13-8-9-14(11(13)3)7-5-12-10(2)15/h11H,4-9H2,1-3H3,(H,12,15). The number of carbonyl (C=O) groups excluding carboxylic acids is 1. The van der Waals surface area contributed by atoms with Crippen molar-refractivity contribution in [3.8, 4) is 0 Å². The second kappa shape index (κ2) is 6.08. The molecular formula is C11H23N3O. The Bertz CT molecular complexity index is 208. The van der Waals surface area contributed by atoms with E-state index in [0.717, 1.165) is 26.2 Å². The van der Waals surface area contributed by atoms with Gasteiger partial charge in [0.15, 0.2) is 0 Å². The maximum absolute atomic E-state index is 10.7. The van der Waals surface area contributed by atoms with Crippen LogP contribution >= 0.6 is 0 Å². The zero-order valence-electron chi connectivity index (χ0n) is 10.1. The van der Waals surface area contributed by atoms with Gasteiger partial charge in [0, 0.05) is 33.1 Å². The maximum Gasteiger partial charge on any atom is 0.216 e. The van der Waals surface area contributed by atoms with Gasteiger partial charge < -0.3 is 5.32 Å². The van der Waals surface area contributed by atoms with E-state index in [2.05, 4.69) is 29.0 Å². The summed E-state index contributed by atoms with van der Waals surface area (Å²) in [5.74, 6) is 0.0623. The van der Waals surface area contributed by atoms with Crippen LogP contribution in [-0.2, 0) is 4.79 Å². The Morgan fingerprint density at radius 2 is 1.93 bits per heavy atom. The Hall–Kier alpha value is -0.610. The van der Waals surface area contributed by atoms with Gasteiger partial charge in [-0.2, -0.15) is 0 Å². The summed E-state index contributed by atoms with van der Waals surface area (Å²) in [6.07, 6.45) is 1.74. The Morgan fingerprint density at radius 3 is 2.47 bits per heavy atom. The summed E-state index contributed by atoms with van der Waals surface area (Å²) in [6, 6.07) is 0. The van der Waals surface area contributed by atoms with Crippen molar-refractivity contribution in [2.45, 2.75) is 33.4 Å². The van der Waals surface area contributed by atoms with Crippen LogP contribution in [0.4, 0.5) is 0 Å². The Morgan fingerprint density at radius 1 is 1.33 bits per heavy atom. The number of carbonyl (C=O) groups is 1. The molecule has 1 aliphatic rings. The molecule has 1 aliphatic heterocycles. The molecule has 0 aromatic heterocycles. The van der Waals surface area contributed by atoms with Crippen LogP contribution in [-0.4, -0.2) is 54.6 Å². The van der Waals surface area contributed by atoms with Gasteiger partial charge in [-0.3, -0.25) is 14.6 Å². The molecule has 0 bridgehead atoms. The Kier molecular flexibility index (Phi) is 5.05. The van der Waals surface area contributed by atoms with Gasteiger partial charge in [-0.25, -0.2) is 0 Å². The topological polar surface area (TPSA) is 35.6 Å². The van der Waals surface area contributed by atoms with E-state index in [9.17, 15) is 4.79 Å². The van der Waals surface area contributed by atoms with Crippen molar-refractivity contribution < 1.29 is 4.79 Å². The lowest BCUT2D eigenvalue weighted by Crippen LogP contribution is -2.40. The molecule has 1 heterocycles. The number of amides is 1. The van der Waals surface area contributed by atoms with Crippen LogP contribution in [0.25, 0.3) is 0 Å². The van der Waals surface area contributed by atoms with Crippen molar-refractivity contribution >= 4 is 5.91 Å². The van der Waals surface area contributed by atoms with Crippen LogP contribution in [0, 0.1) is 0 Å². The zero-order valence-corrected chi connectivity index (χ0v) is 10.1. The molecule has 0 aromatic rings. The first kappa shape index (κ1) is 12.5. The monoisotopic (exact) mass is 213 g/mol. The minimum Gasteiger partial charge on any atom is -0.355 e. The first-order valence-corrected chi connectivity index (χ1v) is 5.87. The highest BCUT2D eigenvalue weighted by Gasteiger charge is 2.26. The van der Waals surface area contributed by atoms with Gasteiger partial charge >= 0.3 is 0 Å². The first-order chi connectivity index (χ1) is 7.15. The second-order valence-electron chi connectivity index (χ2n) is 4.19. The van der Waals surface area contributed by atoms with E-state index in [-0.39, 0.29) is 5.91 Å². The predicted molar refractivity (Wildman–Crippen MR) is 61.6 cm³/mol. The van der Waals surface area contributed by atoms with Gasteiger partial charge in [0.25, 0.3) is 0 Å². The average molecular weight is 213 g/mol. The van der Waals surface area contributed by atoms with Crippen LogP contribution in [0.15, 0.2) is 0 Å². The average Bonchev–Trinajstić information content (AvgIpc) is 2.50. The lowest BCUT2D eigenvalue weighted by Gasteiger charge is -2.26. The number of nitrogens with one attached hydrogen (secondary N) is 1. The molecule has 0 radical (unpaired) electrons. The summed E-state index contributed by atoms with van der Waals surface area (Å²) >= 11 is 0. The fourth-order valence-electron chi connectivity index (χ4n) is 2.12. The fraction of sp³-hybridized carbons (Fsp3) is 0.909. The van der Waals surface area contributed by atoms with E-state index < -0.39 is 0 Å². The summed E-state index contributed by atoms with van der Waals surface area (Å²) in [4.78, 5) is 15.6. The smallest absolute Gasteiger partial charge is 0.216 e. The third kappa shape index (κ3) is 3.80. The van der Waals surface area contributed by atoms with E-state index >= 15 is 0 Å². The molecule has 0 spiro atoms. The highest BCUT2D eigenvalue weighted by Crippen LogP contribution is 2.13. The zero-order chi connectivity index (χ0) is 11.3. The van der Waals surface area contributed by atoms with Gasteiger partial charge in [-0.05, 0) is 19.9 Å². The largest absolute Gasteiger partial charge is 0.355 e. The van der Waals surface area contributed by atoms with E-state index in [0.29, 0.717) is 6.17 Å². The molecule has 15 heavy (non-hydrogen) atoms. The van der Waals surface area contributed by atoms with Crippen LogP contribution in [0.2, 0.25) is 0 Å². The van der Waals surface area contributed by atoms with Crippen LogP contribution in [0.3, 0.4) is 0 Å². The lowest BCUT2D eigenvalue weighted by atomic mass is 10.4. The molecule has 1 fully saturated rings. The van der Waals surface area contributed by atoms with Crippen molar-refractivity contribution in [2.75, 3.05) is 32.7 Å². The minimum atomic E-state index is 0.0623. The number of hydrogen-bond donors (Lipinski definition) is 1. The van der Waals surface area contributed by atoms with Crippen molar-refractivity contribution in [1.29, 1.82) is 0 Å². The molecule has 1 amide bonds. The van der Waals surface area contributed by atoms with Crippen molar-refractivity contribution in [2.24, 2.45) is 0 Å². The van der Waals surface area contributed by atoms with Crippen molar-refractivity contribution in [3.63, 3.8) is 0 Å². The Balaban J connectivity index is 2.23. The summed E-state index contributed by atoms with van der Waals surface area (Å²) in [7, 11) is 0. The van der Waals surface area contributed by atoms with E-state index in [1.165, 1.54) is 13.0 Å². The molecule has 1 saturated heterocycles. The highest BCUT2D eigenvalue weighted by atomic mass is 16.1. The SMILES string of the molecule is CCCN1CCN(CCNC(C)=O)C1C. The molecule has 1 rings (SSSR count). The third-order valence-corrected chi connectivity index (χ3v) is 3.02. The fourth-order valence-corrected chi connectivity index (χ4v) is 2.12. The first-order valence-electron chi connectivity index (χ1n) is 5.87. The molecule has 4 heteroatoms. The normalized spacial score (nSPS) is 23.3. The molecule has 0 aromatic carbocycles. The number of rotatable bonds is 5. The van der Waals surface area contributed by atoms with Crippen molar-refractivity contribution in [1.82, 2.24) is 15.1 Å². The van der Waals surface area contributed by atoms with Gasteiger partial charge in [0.05, 0.1) is 6.17 Å². The van der Waals surface area contributed by atoms with Crippen LogP contribution in [0.5, 0.6) is 0 Å². The molecule has 1 unspecified atom stereocenters. The maximum atomic E-state index is 10.7. The quantitative estimate of drug-likeness (QED) is 0.722. The summed E-state index contributed by atoms with van der Waals surface area (Å²) in [6.45, 7) is 11.2. The number of hydrogen-bond acceptors (Lipinski definition) is 3.